The van der Waals surface area contributed by atoms with Crippen molar-refractivity contribution in [2.75, 3.05) is 13.7 Å². The highest BCUT2D eigenvalue weighted by molar-refractivity contribution is 5.88. The van der Waals surface area contributed by atoms with E-state index in [-0.39, 0.29) is 24.2 Å². The van der Waals surface area contributed by atoms with Crippen molar-refractivity contribution in [3.63, 3.8) is 0 Å². The number of hydrogen-bond donors (Lipinski definition) is 1. The summed E-state index contributed by atoms with van der Waals surface area (Å²) in [5.74, 6) is 0.373. The van der Waals surface area contributed by atoms with Gasteiger partial charge >= 0.3 is 0 Å². The number of carbonyl (C=O) groups is 2. The zero-order chi connectivity index (χ0) is 28.9. The average molecular weight is 549 g/mol. The van der Waals surface area contributed by atoms with Crippen LogP contribution < -0.4 is 10.1 Å². The van der Waals surface area contributed by atoms with Crippen molar-refractivity contribution < 1.29 is 14.3 Å². The molecule has 0 aliphatic carbocycles. The van der Waals surface area contributed by atoms with E-state index in [1.807, 2.05) is 91.0 Å². The molecule has 1 unspecified atom stereocenters. The number of benzene rings is 4. The second kappa shape index (κ2) is 15.4. The number of nitrogens with zero attached hydrogens (tertiary/aromatic N) is 1. The predicted molar refractivity (Wildman–Crippen MR) is 165 cm³/mol. The van der Waals surface area contributed by atoms with Crippen LogP contribution in [-0.2, 0) is 22.6 Å². The van der Waals surface area contributed by atoms with E-state index in [1.54, 1.807) is 12.0 Å². The highest BCUT2D eigenvalue weighted by Gasteiger charge is 2.32. The number of rotatable bonds is 14. The van der Waals surface area contributed by atoms with Gasteiger partial charge in [-0.15, -0.1) is 0 Å². The Kier molecular flexibility index (Phi) is 11.1. The number of methoxy groups -OCH3 is 1. The lowest BCUT2D eigenvalue weighted by atomic mass is 9.87. The summed E-state index contributed by atoms with van der Waals surface area (Å²) >= 11 is 0. The molecule has 2 amide bonds. The molecule has 1 N–H and O–H groups in total. The van der Waals surface area contributed by atoms with Gasteiger partial charge in [0.2, 0.25) is 11.8 Å². The predicted octanol–water partition coefficient (Wildman–Crippen LogP) is 6.77. The first kappa shape index (κ1) is 29.6. The van der Waals surface area contributed by atoms with Crippen LogP contribution in [0.3, 0.4) is 0 Å². The van der Waals surface area contributed by atoms with Gasteiger partial charge < -0.3 is 15.0 Å². The molecule has 5 heteroatoms. The summed E-state index contributed by atoms with van der Waals surface area (Å²) in [7, 11) is 1.63. The number of ether oxygens (including phenoxy) is 1. The molecular weight excluding hydrogens is 508 g/mol. The topological polar surface area (TPSA) is 58.6 Å². The zero-order valence-corrected chi connectivity index (χ0v) is 24.0. The molecule has 4 rings (SSSR count). The second-order valence-corrected chi connectivity index (χ2v) is 10.3. The molecular formula is C36H40N2O3. The first-order valence-corrected chi connectivity index (χ1v) is 14.4. The average Bonchev–Trinajstić information content (AvgIpc) is 3.03. The summed E-state index contributed by atoms with van der Waals surface area (Å²) in [6.07, 6.45) is 2.53. The van der Waals surface area contributed by atoms with Gasteiger partial charge in [0.25, 0.3) is 0 Å². The molecule has 5 nitrogen and oxygen atoms in total. The molecule has 4 aromatic carbocycles. The minimum atomic E-state index is -0.667. The first-order valence-electron chi connectivity index (χ1n) is 14.4. The van der Waals surface area contributed by atoms with Crippen LogP contribution in [0, 0.1) is 0 Å². The Labute approximate surface area is 244 Å². The summed E-state index contributed by atoms with van der Waals surface area (Å²) in [6.45, 7) is 2.98. The highest BCUT2D eigenvalue weighted by Crippen LogP contribution is 2.30. The third-order valence-electron chi connectivity index (χ3n) is 7.37. The van der Waals surface area contributed by atoms with Crippen molar-refractivity contribution >= 4 is 11.8 Å². The molecule has 0 aliphatic rings. The summed E-state index contributed by atoms with van der Waals surface area (Å²) < 4.78 is 5.46. The van der Waals surface area contributed by atoms with E-state index in [4.69, 9.17) is 4.74 Å². The number of carbonyl (C=O) groups excluding carboxylic acids is 2. The molecule has 0 fully saturated rings. The van der Waals surface area contributed by atoms with Crippen molar-refractivity contribution in [1.82, 2.24) is 10.2 Å². The second-order valence-electron chi connectivity index (χ2n) is 10.3. The Morgan fingerprint density at radius 1 is 0.780 bits per heavy atom. The minimum Gasteiger partial charge on any atom is -0.497 e. The van der Waals surface area contributed by atoms with Crippen molar-refractivity contribution in [3.05, 3.63) is 138 Å². The smallest absolute Gasteiger partial charge is 0.243 e. The Hall–Kier alpha value is -4.38. The maximum absolute atomic E-state index is 14.4. The number of amides is 2. The molecule has 4 aromatic rings. The van der Waals surface area contributed by atoms with Gasteiger partial charge in [-0.1, -0.05) is 116 Å². The Balaban J connectivity index is 1.72. The van der Waals surface area contributed by atoms with Gasteiger partial charge in [0.15, 0.2) is 0 Å². The first-order chi connectivity index (χ1) is 20.1. The van der Waals surface area contributed by atoms with Crippen LogP contribution in [0.1, 0.15) is 54.4 Å². The van der Waals surface area contributed by atoms with Crippen LogP contribution in [0.4, 0.5) is 0 Å². The molecule has 41 heavy (non-hydrogen) atoms. The summed E-state index contributed by atoms with van der Waals surface area (Å²) in [5.41, 5.74) is 4.06. The molecule has 0 aliphatic heterocycles. The highest BCUT2D eigenvalue weighted by atomic mass is 16.5. The lowest BCUT2D eigenvalue weighted by molar-refractivity contribution is -0.141. The largest absolute Gasteiger partial charge is 0.497 e. The fourth-order valence-corrected chi connectivity index (χ4v) is 5.12. The van der Waals surface area contributed by atoms with E-state index in [1.165, 1.54) is 0 Å². The maximum Gasteiger partial charge on any atom is 0.243 e. The third kappa shape index (κ3) is 8.55. The van der Waals surface area contributed by atoms with Crippen molar-refractivity contribution in [1.29, 1.82) is 0 Å². The molecule has 0 saturated carbocycles. The quantitative estimate of drug-likeness (QED) is 0.177. The van der Waals surface area contributed by atoms with E-state index < -0.39 is 6.04 Å². The standard InChI is InChI=1S/C36H40N2O3/c1-3-4-23-37-36(40)34(25-28-15-8-5-9-16-28)38(27-29-17-14-22-32(24-29)41-2)35(39)26-33(30-18-10-6-11-19-30)31-20-12-7-13-21-31/h5-22,24,33-34H,3-4,23,25-27H2,1-2H3,(H,37,40). The summed E-state index contributed by atoms with van der Waals surface area (Å²) in [5, 5.41) is 3.11. The SMILES string of the molecule is CCCCNC(=O)C(Cc1ccccc1)N(Cc1cccc(OC)c1)C(=O)CC(c1ccccc1)c1ccccc1. The van der Waals surface area contributed by atoms with Crippen LogP contribution in [0.15, 0.2) is 115 Å². The van der Waals surface area contributed by atoms with E-state index in [0.717, 1.165) is 35.1 Å². The van der Waals surface area contributed by atoms with Gasteiger partial charge in [-0.3, -0.25) is 9.59 Å². The van der Waals surface area contributed by atoms with E-state index in [2.05, 4.69) is 36.5 Å². The van der Waals surface area contributed by atoms with Gasteiger partial charge in [0, 0.05) is 31.8 Å². The maximum atomic E-state index is 14.4. The molecule has 0 saturated heterocycles. The zero-order valence-electron chi connectivity index (χ0n) is 24.0. The molecule has 0 radical (unpaired) electrons. The van der Waals surface area contributed by atoms with E-state index in [0.29, 0.717) is 25.3 Å². The number of unbranched alkanes of at least 4 members (excludes halogenated alkanes) is 1. The third-order valence-corrected chi connectivity index (χ3v) is 7.37. The molecule has 0 spiro atoms. The van der Waals surface area contributed by atoms with Crippen LogP contribution in [0.5, 0.6) is 5.75 Å². The van der Waals surface area contributed by atoms with Crippen LogP contribution in [-0.4, -0.2) is 36.4 Å². The molecule has 0 bridgehead atoms. The Bertz CT molecular complexity index is 1320. The lowest BCUT2D eigenvalue weighted by Gasteiger charge is -2.33. The fraction of sp³-hybridized carbons (Fsp3) is 0.278. The van der Waals surface area contributed by atoms with E-state index >= 15 is 0 Å². The van der Waals surface area contributed by atoms with Gasteiger partial charge in [0.05, 0.1) is 7.11 Å². The van der Waals surface area contributed by atoms with Gasteiger partial charge in [-0.05, 0) is 40.8 Å². The van der Waals surface area contributed by atoms with Crippen molar-refractivity contribution in [3.8, 4) is 5.75 Å². The van der Waals surface area contributed by atoms with Crippen LogP contribution in [0.25, 0.3) is 0 Å². The van der Waals surface area contributed by atoms with E-state index in [9.17, 15) is 9.59 Å². The number of hydrogen-bond acceptors (Lipinski definition) is 3. The van der Waals surface area contributed by atoms with Gasteiger partial charge in [-0.2, -0.15) is 0 Å². The molecule has 0 aromatic heterocycles. The van der Waals surface area contributed by atoms with Gasteiger partial charge in [0.1, 0.15) is 11.8 Å². The molecule has 212 valence electrons. The Morgan fingerprint density at radius 3 is 1.95 bits per heavy atom. The summed E-state index contributed by atoms with van der Waals surface area (Å²) in [4.78, 5) is 30.0. The Morgan fingerprint density at radius 2 is 1.37 bits per heavy atom. The van der Waals surface area contributed by atoms with Crippen molar-refractivity contribution in [2.45, 2.75) is 51.1 Å². The monoisotopic (exact) mass is 548 g/mol. The fourth-order valence-electron chi connectivity index (χ4n) is 5.12. The molecule has 0 heterocycles. The van der Waals surface area contributed by atoms with Gasteiger partial charge in [-0.25, -0.2) is 0 Å². The lowest BCUT2D eigenvalue weighted by Crippen LogP contribution is -2.51. The molecule has 1 atom stereocenters. The minimum absolute atomic E-state index is 0.0721. The van der Waals surface area contributed by atoms with Crippen LogP contribution in [0.2, 0.25) is 0 Å². The normalized spacial score (nSPS) is 11.6. The summed E-state index contributed by atoms with van der Waals surface area (Å²) in [6, 6.07) is 37.2. The van der Waals surface area contributed by atoms with Crippen molar-refractivity contribution in [2.24, 2.45) is 0 Å². The van der Waals surface area contributed by atoms with Crippen LogP contribution >= 0.6 is 0 Å². The number of nitrogens with one attached hydrogen (secondary N) is 1.